The molecule has 0 radical (unpaired) electrons. The van der Waals surface area contributed by atoms with E-state index in [0.717, 1.165) is 6.42 Å². The van der Waals surface area contributed by atoms with E-state index in [0.29, 0.717) is 0 Å². The first-order chi connectivity index (χ1) is 3.83. The van der Waals surface area contributed by atoms with Gasteiger partial charge in [0, 0.05) is 0 Å². The van der Waals surface area contributed by atoms with Crippen molar-refractivity contribution in [2.75, 3.05) is 0 Å². The fraction of sp³-hybridized carbons (Fsp3) is 0.800. The van der Waals surface area contributed by atoms with Crippen LogP contribution in [0.15, 0.2) is 0 Å². The summed E-state index contributed by atoms with van der Waals surface area (Å²) in [6.45, 7) is 5.85. The van der Waals surface area contributed by atoms with Crippen molar-refractivity contribution in [2.24, 2.45) is 0 Å². The molecule has 0 aromatic heterocycles. The molecule has 0 aromatic rings. The van der Waals surface area contributed by atoms with E-state index >= 15 is 0 Å². The Labute approximate surface area is 80.6 Å². The molecule has 0 saturated heterocycles. The predicted molar refractivity (Wildman–Crippen MR) is 34.7 cm³/mol. The Morgan fingerprint density at radius 1 is 1.67 bits per heavy atom. The maximum absolute atomic E-state index is 8.46. The van der Waals surface area contributed by atoms with Crippen molar-refractivity contribution in [3.05, 3.63) is 6.92 Å². The minimum atomic E-state index is -0.833. The molecule has 9 heavy (non-hydrogen) atoms. The van der Waals surface area contributed by atoms with E-state index in [4.69, 9.17) is 9.46 Å². The van der Waals surface area contributed by atoms with E-state index in [1.54, 1.807) is 0 Å². The van der Waals surface area contributed by atoms with Gasteiger partial charge in [-0.3, -0.25) is 0 Å². The van der Waals surface area contributed by atoms with Gasteiger partial charge in [-0.2, -0.15) is 6.42 Å². The maximum atomic E-state index is 8.46. The van der Waals surface area contributed by atoms with Crippen molar-refractivity contribution in [3.8, 4) is 0 Å². The molecule has 0 unspecified atom stereocenters. The monoisotopic (exact) mass is 158 g/mol. The van der Waals surface area contributed by atoms with Gasteiger partial charge in [-0.1, -0.05) is 19.8 Å². The summed E-state index contributed by atoms with van der Waals surface area (Å²) in [5, 5.41) is 0. The molecule has 0 bridgehead atoms. The summed E-state index contributed by atoms with van der Waals surface area (Å²) in [5.74, 6) is 0. The first kappa shape index (κ1) is 16.6. The average molecular weight is 158 g/mol. The van der Waals surface area contributed by atoms with Gasteiger partial charge in [0.15, 0.2) is 0 Å². The van der Waals surface area contributed by atoms with Gasteiger partial charge in [-0.15, -0.1) is 0 Å². The van der Waals surface area contributed by atoms with Crippen molar-refractivity contribution >= 4 is 8.69 Å². The van der Waals surface area contributed by atoms with Crippen LogP contribution in [0.3, 0.4) is 0 Å². The van der Waals surface area contributed by atoms with Crippen molar-refractivity contribution in [1.82, 2.24) is 0 Å². The van der Waals surface area contributed by atoms with Gasteiger partial charge < -0.3 is 11.8 Å². The summed E-state index contributed by atoms with van der Waals surface area (Å²) >= 11 is 0. The van der Waals surface area contributed by atoms with Crippen LogP contribution in [0.5, 0.6) is 0 Å². The Morgan fingerprint density at radius 3 is 2.00 bits per heavy atom. The Hall–Kier alpha value is 1.06. The third-order valence-electron chi connectivity index (χ3n) is 0.604. The first-order valence-corrected chi connectivity index (χ1v) is 3.35. The van der Waals surface area contributed by atoms with Crippen molar-refractivity contribution in [3.63, 3.8) is 0 Å². The molecule has 0 aliphatic heterocycles. The summed E-state index contributed by atoms with van der Waals surface area (Å²) in [6, 6.07) is 0. The van der Waals surface area contributed by atoms with E-state index in [1.807, 2.05) is 0 Å². The maximum Gasteiger partial charge on any atom is 1.00 e. The third-order valence-corrected chi connectivity index (χ3v) is 0.604. The minimum absolute atomic E-state index is 0. The molecule has 0 saturated carbocycles. The zero-order valence-electron chi connectivity index (χ0n) is 6.13. The van der Waals surface area contributed by atoms with Crippen LogP contribution in [0.2, 0.25) is 0 Å². The van der Waals surface area contributed by atoms with Crippen molar-refractivity contribution in [1.29, 1.82) is 0 Å². The number of unbranched alkanes of at least 4 members (excludes halogenated alkanes) is 2. The molecule has 0 aliphatic rings. The smallest absolute Gasteiger partial charge is 0.343 e. The van der Waals surface area contributed by atoms with Gasteiger partial charge in [0.05, 0.1) is 0 Å². The second-order valence-electron chi connectivity index (χ2n) is 1.29. The summed E-state index contributed by atoms with van der Waals surface area (Å²) < 4.78 is 8.46. The average Bonchev–Trinajstić information content (AvgIpc) is 1.71. The molecule has 0 amide bonds. The zero-order chi connectivity index (χ0) is 6.83. The van der Waals surface area contributed by atoms with Gasteiger partial charge in [0.1, 0.15) is 0 Å². The third kappa shape index (κ3) is 48.2. The van der Waals surface area contributed by atoms with Gasteiger partial charge in [-0.25, -0.2) is 4.57 Å². The summed E-state index contributed by atoms with van der Waals surface area (Å²) in [5.41, 5.74) is 0. The Balaban J connectivity index is -0.0000000800. The van der Waals surface area contributed by atoms with E-state index in [9.17, 15) is 0 Å². The van der Waals surface area contributed by atoms with Crippen molar-refractivity contribution in [2.45, 2.75) is 26.2 Å². The summed E-state index contributed by atoms with van der Waals surface area (Å²) in [4.78, 5) is 6.99. The molecule has 0 spiro atoms. The van der Waals surface area contributed by atoms with Crippen LogP contribution in [0.25, 0.3) is 0 Å². The number of hydrogen-bond donors (Lipinski definition) is 1. The molecule has 0 heterocycles. The van der Waals surface area contributed by atoms with Gasteiger partial charge in [0.25, 0.3) is 0 Å². The molecule has 0 aromatic carbocycles. The molecule has 0 atom stereocenters. The number of hydrogen-bond acceptors (Lipinski definition) is 1. The second-order valence-corrected chi connectivity index (χ2v) is 1.45. The Kier molecular flexibility index (Phi) is 42.3. The topological polar surface area (TPSA) is 37.3 Å². The van der Waals surface area contributed by atoms with E-state index in [1.165, 1.54) is 12.8 Å². The van der Waals surface area contributed by atoms with Crippen LogP contribution in [0.1, 0.15) is 26.2 Å². The molecule has 50 valence electrons. The normalized spacial score (nSPS) is 7.00. The minimum Gasteiger partial charge on any atom is -0.343 e. The molecular weight excluding hydrogens is 146 g/mol. The quantitative estimate of drug-likeness (QED) is 0.324. The van der Waals surface area contributed by atoms with Crippen LogP contribution >= 0.6 is 8.69 Å². The SMILES string of the molecule is O=PO.[CH2-]CCCC.[Na+]. The van der Waals surface area contributed by atoms with Crippen LogP contribution in [-0.2, 0) is 4.57 Å². The molecule has 2 nitrogen and oxygen atoms in total. The number of rotatable bonds is 2. The summed E-state index contributed by atoms with van der Waals surface area (Å²) in [6.07, 6.45) is 3.65. The standard InChI is InChI=1S/C5H11.Na.HO2P/c1-3-5-4-2;;1-3-2/h1,3-5H2,2H3;;(H,1,2)/q-1;+1;. The second kappa shape index (κ2) is 23.0. The molecule has 0 fully saturated rings. The van der Waals surface area contributed by atoms with E-state index in [-0.39, 0.29) is 29.6 Å². The van der Waals surface area contributed by atoms with Crippen LogP contribution in [0, 0.1) is 6.92 Å². The first-order valence-electron chi connectivity index (χ1n) is 2.59. The van der Waals surface area contributed by atoms with E-state index < -0.39 is 8.69 Å². The Bertz CT molecular complexity index is 41.9. The summed E-state index contributed by atoms with van der Waals surface area (Å²) in [7, 11) is -0.833. The van der Waals surface area contributed by atoms with Gasteiger partial charge in [-0.05, 0) is 0 Å². The van der Waals surface area contributed by atoms with Crippen LogP contribution < -0.4 is 29.6 Å². The largest absolute Gasteiger partial charge is 1.00 e. The molecule has 0 aliphatic carbocycles. The van der Waals surface area contributed by atoms with Crippen LogP contribution in [0.4, 0.5) is 0 Å². The fourth-order valence-corrected chi connectivity index (χ4v) is 0.250. The molecule has 4 heteroatoms. The Morgan fingerprint density at radius 2 is 2.00 bits per heavy atom. The molecule has 1 N–H and O–H groups in total. The molecule has 0 rings (SSSR count). The zero-order valence-corrected chi connectivity index (χ0v) is 9.03. The van der Waals surface area contributed by atoms with Crippen LogP contribution in [-0.4, -0.2) is 4.89 Å². The van der Waals surface area contributed by atoms with Gasteiger partial charge in [0.2, 0.25) is 0 Å². The van der Waals surface area contributed by atoms with E-state index in [2.05, 4.69) is 13.8 Å². The fourth-order valence-electron chi connectivity index (χ4n) is 0.250. The predicted octanol–water partition coefficient (Wildman–Crippen LogP) is -0.800. The molecular formula is C5H12NaO2P. The van der Waals surface area contributed by atoms with Gasteiger partial charge >= 0.3 is 38.2 Å². The van der Waals surface area contributed by atoms with Crippen molar-refractivity contribution < 1.29 is 39.0 Å².